The summed E-state index contributed by atoms with van der Waals surface area (Å²) in [7, 11) is 0. The van der Waals surface area contributed by atoms with Crippen LogP contribution in [0.15, 0.2) is 0 Å². The van der Waals surface area contributed by atoms with Crippen molar-refractivity contribution in [3.05, 3.63) is 0 Å². The zero-order valence-electron chi connectivity index (χ0n) is 7.53. The van der Waals surface area contributed by atoms with Gasteiger partial charge in [-0.05, 0) is 38.6 Å². The molecule has 0 amide bonds. The van der Waals surface area contributed by atoms with Crippen LogP contribution in [-0.4, -0.2) is 12.1 Å². The van der Waals surface area contributed by atoms with Crippen molar-refractivity contribution in [3.63, 3.8) is 0 Å². The molecule has 0 aromatic rings. The molecule has 11 heavy (non-hydrogen) atoms. The van der Waals surface area contributed by atoms with Crippen molar-refractivity contribution in [2.24, 2.45) is 5.92 Å². The minimum atomic E-state index is 0.513. The molecule has 0 spiro atoms. The van der Waals surface area contributed by atoms with Crippen LogP contribution >= 0.6 is 0 Å². The molecule has 1 heteroatoms. The molecule has 2 rings (SSSR count). The van der Waals surface area contributed by atoms with Crippen molar-refractivity contribution in [3.8, 4) is 0 Å². The molecular weight excluding hydrogens is 134 g/mol. The standard InChI is InChI=1S/C10H19N/c1-10(8-9-4-5-9)6-2-3-7-11-10/h9,11H,2-8H2,1H3. The fourth-order valence-corrected chi connectivity index (χ4v) is 2.25. The molecule has 1 saturated heterocycles. The highest BCUT2D eigenvalue weighted by Crippen LogP contribution is 2.39. The van der Waals surface area contributed by atoms with Crippen LogP contribution in [0.1, 0.15) is 45.4 Å². The second-order valence-electron chi connectivity index (χ2n) is 4.59. The average molecular weight is 153 g/mol. The lowest BCUT2D eigenvalue weighted by atomic mass is 9.86. The fraction of sp³-hybridized carbons (Fsp3) is 1.00. The summed E-state index contributed by atoms with van der Waals surface area (Å²) >= 11 is 0. The van der Waals surface area contributed by atoms with Crippen LogP contribution < -0.4 is 5.32 Å². The Morgan fingerprint density at radius 1 is 1.36 bits per heavy atom. The summed E-state index contributed by atoms with van der Waals surface area (Å²) in [6.45, 7) is 3.66. The fourth-order valence-electron chi connectivity index (χ4n) is 2.25. The summed E-state index contributed by atoms with van der Waals surface area (Å²) in [5, 5.41) is 3.67. The van der Waals surface area contributed by atoms with Gasteiger partial charge in [-0.1, -0.05) is 19.3 Å². The van der Waals surface area contributed by atoms with Crippen LogP contribution in [-0.2, 0) is 0 Å². The highest BCUT2D eigenvalue weighted by atomic mass is 15.0. The van der Waals surface area contributed by atoms with Crippen molar-refractivity contribution in [1.82, 2.24) is 5.32 Å². The molecule has 1 N–H and O–H groups in total. The number of hydrogen-bond donors (Lipinski definition) is 1. The van der Waals surface area contributed by atoms with Crippen LogP contribution in [0.2, 0.25) is 0 Å². The van der Waals surface area contributed by atoms with E-state index in [1.807, 2.05) is 0 Å². The molecule has 1 atom stereocenters. The predicted octanol–water partition coefficient (Wildman–Crippen LogP) is 2.32. The van der Waals surface area contributed by atoms with Gasteiger partial charge in [0.2, 0.25) is 0 Å². The average Bonchev–Trinajstić information content (AvgIpc) is 2.72. The smallest absolute Gasteiger partial charge is 0.0156 e. The quantitative estimate of drug-likeness (QED) is 0.642. The van der Waals surface area contributed by atoms with E-state index in [-0.39, 0.29) is 0 Å². The van der Waals surface area contributed by atoms with Crippen molar-refractivity contribution in [2.45, 2.75) is 51.0 Å². The molecule has 0 bridgehead atoms. The maximum Gasteiger partial charge on any atom is 0.0156 e. The molecule has 2 fully saturated rings. The molecule has 1 saturated carbocycles. The number of hydrogen-bond acceptors (Lipinski definition) is 1. The molecule has 1 nitrogen and oxygen atoms in total. The normalized spacial score (nSPS) is 39.0. The van der Waals surface area contributed by atoms with E-state index in [0.29, 0.717) is 5.54 Å². The number of rotatable bonds is 2. The summed E-state index contributed by atoms with van der Waals surface area (Å²) in [6, 6.07) is 0. The molecule has 0 aromatic heterocycles. The first kappa shape index (κ1) is 7.60. The summed E-state index contributed by atoms with van der Waals surface area (Å²) in [5.41, 5.74) is 0.513. The predicted molar refractivity (Wildman–Crippen MR) is 47.6 cm³/mol. The van der Waals surface area contributed by atoms with E-state index in [2.05, 4.69) is 12.2 Å². The summed E-state index contributed by atoms with van der Waals surface area (Å²) in [5.74, 6) is 1.07. The molecule has 2 aliphatic rings. The minimum absolute atomic E-state index is 0.513. The Kier molecular flexibility index (Phi) is 1.92. The third-order valence-electron chi connectivity index (χ3n) is 3.14. The third kappa shape index (κ3) is 1.96. The molecule has 1 unspecified atom stereocenters. The monoisotopic (exact) mass is 153 g/mol. The Bertz CT molecular complexity index is 132. The van der Waals surface area contributed by atoms with E-state index in [4.69, 9.17) is 0 Å². The highest BCUT2D eigenvalue weighted by Gasteiger charge is 2.33. The van der Waals surface area contributed by atoms with Gasteiger partial charge in [0.1, 0.15) is 0 Å². The van der Waals surface area contributed by atoms with Gasteiger partial charge in [0.25, 0.3) is 0 Å². The van der Waals surface area contributed by atoms with Gasteiger partial charge >= 0.3 is 0 Å². The molecule has 1 heterocycles. The zero-order chi connectivity index (χ0) is 7.73. The van der Waals surface area contributed by atoms with E-state index < -0.39 is 0 Å². The Morgan fingerprint density at radius 2 is 2.18 bits per heavy atom. The van der Waals surface area contributed by atoms with Gasteiger partial charge in [-0.15, -0.1) is 0 Å². The Labute approximate surface area is 69.6 Å². The van der Waals surface area contributed by atoms with E-state index in [0.717, 1.165) is 5.92 Å². The first-order valence-electron chi connectivity index (χ1n) is 5.04. The van der Waals surface area contributed by atoms with E-state index in [1.165, 1.54) is 45.1 Å². The van der Waals surface area contributed by atoms with Crippen molar-refractivity contribution >= 4 is 0 Å². The van der Waals surface area contributed by atoms with Gasteiger partial charge in [0, 0.05) is 5.54 Å². The molecule has 64 valence electrons. The highest BCUT2D eigenvalue weighted by molar-refractivity contribution is 4.91. The van der Waals surface area contributed by atoms with Gasteiger partial charge in [0.15, 0.2) is 0 Å². The third-order valence-corrected chi connectivity index (χ3v) is 3.14. The van der Waals surface area contributed by atoms with Gasteiger partial charge in [-0.25, -0.2) is 0 Å². The molecule has 0 radical (unpaired) electrons. The van der Waals surface area contributed by atoms with Gasteiger partial charge in [-0.2, -0.15) is 0 Å². The Morgan fingerprint density at radius 3 is 2.73 bits per heavy atom. The van der Waals surface area contributed by atoms with Gasteiger partial charge < -0.3 is 5.32 Å². The van der Waals surface area contributed by atoms with E-state index in [1.54, 1.807) is 0 Å². The lowest BCUT2D eigenvalue weighted by Gasteiger charge is -2.35. The van der Waals surface area contributed by atoms with Crippen LogP contribution in [0.5, 0.6) is 0 Å². The van der Waals surface area contributed by atoms with Gasteiger partial charge in [0.05, 0.1) is 0 Å². The van der Waals surface area contributed by atoms with Crippen LogP contribution in [0.3, 0.4) is 0 Å². The Balaban J connectivity index is 1.84. The number of piperidine rings is 1. The van der Waals surface area contributed by atoms with E-state index in [9.17, 15) is 0 Å². The lowest BCUT2D eigenvalue weighted by Crippen LogP contribution is -2.46. The minimum Gasteiger partial charge on any atom is -0.312 e. The largest absolute Gasteiger partial charge is 0.312 e. The molecular formula is C10H19N. The SMILES string of the molecule is CC1(CC2CC2)CCCCN1. The first-order valence-corrected chi connectivity index (χ1v) is 5.04. The van der Waals surface area contributed by atoms with Crippen LogP contribution in [0.25, 0.3) is 0 Å². The zero-order valence-corrected chi connectivity index (χ0v) is 7.53. The first-order chi connectivity index (χ1) is 5.29. The maximum absolute atomic E-state index is 3.67. The van der Waals surface area contributed by atoms with Crippen molar-refractivity contribution < 1.29 is 0 Å². The summed E-state index contributed by atoms with van der Waals surface area (Å²) in [4.78, 5) is 0. The molecule has 1 aliphatic heterocycles. The van der Waals surface area contributed by atoms with Crippen molar-refractivity contribution in [1.29, 1.82) is 0 Å². The van der Waals surface area contributed by atoms with Crippen LogP contribution in [0.4, 0.5) is 0 Å². The maximum atomic E-state index is 3.67. The van der Waals surface area contributed by atoms with Crippen molar-refractivity contribution in [2.75, 3.05) is 6.54 Å². The second-order valence-corrected chi connectivity index (χ2v) is 4.59. The summed E-state index contributed by atoms with van der Waals surface area (Å²) in [6.07, 6.45) is 8.67. The number of nitrogens with one attached hydrogen (secondary N) is 1. The summed E-state index contributed by atoms with van der Waals surface area (Å²) < 4.78 is 0. The Hall–Kier alpha value is -0.0400. The lowest BCUT2D eigenvalue weighted by molar-refractivity contribution is 0.250. The van der Waals surface area contributed by atoms with E-state index >= 15 is 0 Å². The molecule has 1 aliphatic carbocycles. The molecule has 0 aromatic carbocycles. The topological polar surface area (TPSA) is 12.0 Å². The van der Waals surface area contributed by atoms with Gasteiger partial charge in [-0.3, -0.25) is 0 Å². The second kappa shape index (κ2) is 2.78. The van der Waals surface area contributed by atoms with Crippen LogP contribution in [0, 0.1) is 5.92 Å².